The summed E-state index contributed by atoms with van der Waals surface area (Å²) < 4.78 is 0. The maximum Gasteiger partial charge on any atom is 0.163 e. The van der Waals surface area contributed by atoms with Crippen LogP contribution in [-0.2, 0) is 17.6 Å². The number of carbonyl (C=O) groups is 1. The van der Waals surface area contributed by atoms with Gasteiger partial charge in [-0.05, 0) is 104 Å². The van der Waals surface area contributed by atoms with Crippen LogP contribution in [0, 0.1) is 5.92 Å². The summed E-state index contributed by atoms with van der Waals surface area (Å²) in [5, 5.41) is 0. The van der Waals surface area contributed by atoms with Crippen molar-refractivity contribution < 1.29 is 4.79 Å². The smallest absolute Gasteiger partial charge is 0.163 e. The van der Waals surface area contributed by atoms with E-state index in [1.165, 1.54) is 60.3 Å². The zero-order valence-electron chi connectivity index (χ0n) is 21.0. The molecule has 2 aromatic carbocycles. The van der Waals surface area contributed by atoms with E-state index in [0.717, 1.165) is 36.8 Å². The van der Waals surface area contributed by atoms with Crippen molar-refractivity contribution in [3.63, 3.8) is 0 Å². The zero-order chi connectivity index (χ0) is 24.2. The van der Waals surface area contributed by atoms with Crippen molar-refractivity contribution in [2.45, 2.75) is 57.8 Å². The lowest BCUT2D eigenvalue weighted by atomic mass is 9.69. The SMILES string of the molecule is C=C1/C(=C\C=C(/C)Cc2ccc(N3CCCCC3)cc2)C=CC(=O)C1[C@@H]1CCCc2ccccc21. The molecule has 2 nitrogen and oxygen atoms in total. The van der Waals surface area contributed by atoms with E-state index in [1.807, 2.05) is 6.08 Å². The molecule has 0 amide bonds. The Morgan fingerprint density at radius 2 is 1.77 bits per heavy atom. The van der Waals surface area contributed by atoms with Gasteiger partial charge in [0.25, 0.3) is 0 Å². The summed E-state index contributed by atoms with van der Waals surface area (Å²) in [6.45, 7) is 8.96. The standard InChI is InChI=1S/C33H37NO/c1-24(23-26-14-18-29(19-15-26)34-21-6-3-7-22-34)13-16-27-17-20-32(35)33(25(27)2)31-12-8-10-28-9-4-5-11-30(28)31/h4-5,9,11,13-20,31,33H,2-3,6-8,10,12,21-23H2,1H3/b24-13+,27-16-/t31-,33?/m1/s1. The van der Waals surface area contributed by atoms with Crippen molar-refractivity contribution in [2.75, 3.05) is 18.0 Å². The molecule has 0 bridgehead atoms. The summed E-state index contributed by atoms with van der Waals surface area (Å²) in [7, 11) is 0. The van der Waals surface area contributed by atoms with Crippen LogP contribution >= 0.6 is 0 Å². The van der Waals surface area contributed by atoms with Crippen LogP contribution in [0.15, 0.2) is 96.1 Å². The zero-order valence-corrected chi connectivity index (χ0v) is 21.0. The van der Waals surface area contributed by atoms with Crippen molar-refractivity contribution in [3.05, 3.63) is 113 Å². The van der Waals surface area contributed by atoms with E-state index in [0.29, 0.717) is 0 Å². The first-order chi connectivity index (χ1) is 17.1. The molecule has 1 saturated heterocycles. The molecule has 1 fully saturated rings. The number of allylic oxidation sites excluding steroid dienone is 7. The molecule has 2 heteroatoms. The van der Waals surface area contributed by atoms with Crippen LogP contribution in [0.4, 0.5) is 5.69 Å². The highest BCUT2D eigenvalue weighted by Gasteiger charge is 2.35. The van der Waals surface area contributed by atoms with Gasteiger partial charge >= 0.3 is 0 Å². The Morgan fingerprint density at radius 1 is 1.00 bits per heavy atom. The molecule has 2 aliphatic carbocycles. The summed E-state index contributed by atoms with van der Waals surface area (Å²) in [5.41, 5.74) is 8.77. The fraction of sp³-hybridized carbons (Fsp3) is 0.364. The van der Waals surface area contributed by atoms with Gasteiger partial charge in [-0.2, -0.15) is 0 Å². The average Bonchev–Trinajstić information content (AvgIpc) is 2.89. The minimum absolute atomic E-state index is 0.149. The molecule has 3 aliphatic rings. The summed E-state index contributed by atoms with van der Waals surface area (Å²) in [4.78, 5) is 15.5. The van der Waals surface area contributed by atoms with Crippen molar-refractivity contribution >= 4 is 11.5 Å². The van der Waals surface area contributed by atoms with Crippen LogP contribution in [-0.4, -0.2) is 18.9 Å². The second kappa shape index (κ2) is 10.6. The van der Waals surface area contributed by atoms with E-state index >= 15 is 0 Å². The van der Waals surface area contributed by atoms with Crippen LogP contribution in [0.3, 0.4) is 0 Å². The van der Waals surface area contributed by atoms with Crippen LogP contribution in [0.5, 0.6) is 0 Å². The first-order valence-corrected chi connectivity index (χ1v) is 13.3. The van der Waals surface area contributed by atoms with Crippen LogP contribution in [0.2, 0.25) is 0 Å². The summed E-state index contributed by atoms with van der Waals surface area (Å²) in [6, 6.07) is 17.7. The highest BCUT2D eigenvalue weighted by molar-refractivity contribution is 5.98. The summed E-state index contributed by atoms with van der Waals surface area (Å²) in [6.07, 6.45) is 16.3. The molecule has 35 heavy (non-hydrogen) atoms. The first-order valence-electron chi connectivity index (χ1n) is 13.3. The van der Waals surface area contributed by atoms with Gasteiger partial charge in [-0.1, -0.05) is 66.8 Å². The molecule has 2 aromatic rings. The van der Waals surface area contributed by atoms with Gasteiger partial charge in [-0.15, -0.1) is 0 Å². The third-order valence-electron chi connectivity index (χ3n) is 7.99. The molecule has 0 N–H and O–H groups in total. The number of ketones is 1. The van der Waals surface area contributed by atoms with Crippen molar-refractivity contribution in [1.29, 1.82) is 0 Å². The van der Waals surface area contributed by atoms with Crippen molar-refractivity contribution in [3.8, 4) is 0 Å². The fourth-order valence-corrected chi connectivity index (χ4v) is 6.07. The molecule has 180 valence electrons. The van der Waals surface area contributed by atoms with E-state index in [1.54, 1.807) is 6.08 Å². The second-order valence-electron chi connectivity index (χ2n) is 10.5. The monoisotopic (exact) mass is 463 g/mol. The highest BCUT2D eigenvalue weighted by Crippen LogP contribution is 2.43. The van der Waals surface area contributed by atoms with Gasteiger partial charge in [0.15, 0.2) is 5.78 Å². The lowest BCUT2D eigenvalue weighted by Gasteiger charge is -2.34. The summed E-state index contributed by atoms with van der Waals surface area (Å²) in [5.74, 6) is 0.281. The average molecular weight is 464 g/mol. The van der Waals surface area contributed by atoms with E-state index in [4.69, 9.17) is 0 Å². The number of rotatable bonds is 5. The van der Waals surface area contributed by atoms with Gasteiger partial charge in [-0.25, -0.2) is 0 Å². The number of carbonyl (C=O) groups excluding carboxylic acids is 1. The number of aryl methyl sites for hydroxylation is 1. The van der Waals surface area contributed by atoms with Crippen molar-refractivity contribution in [1.82, 2.24) is 0 Å². The van der Waals surface area contributed by atoms with E-state index < -0.39 is 0 Å². The number of anilines is 1. The normalized spacial score (nSPS) is 24.1. The predicted octanol–water partition coefficient (Wildman–Crippen LogP) is 7.52. The number of hydrogen-bond acceptors (Lipinski definition) is 2. The largest absolute Gasteiger partial charge is 0.372 e. The molecular formula is C33H37NO. The molecular weight excluding hydrogens is 426 g/mol. The Kier molecular flexibility index (Phi) is 7.18. The number of piperidine rings is 1. The number of benzene rings is 2. The molecule has 1 unspecified atom stereocenters. The molecule has 0 radical (unpaired) electrons. The minimum Gasteiger partial charge on any atom is -0.372 e. The van der Waals surface area contributed by atoms with Gasteiger partial charge < -0.3 is 4.90 Å². The van der Waals surface area contributed by atoms with Crippen LogP contribution < -0.4 is 4.90 Å². The van der Waals surface area contributed by atoms with Gasteiger partial charge in [0, 0.05) is 18.8 Å². The van der Waals surface area contributed by atoms with E-state index in [-0.39, 0.29) is 17.6 Å². The molecule has 1 aliphatic heterocycles. The maximum absolute atomic E-state index is 13.0. The van der Waals surface area contributed by atoms with Gasteiger partial charge in [0.1, 0.15) is 0 Å². The van der Waals surface area contributed by atoms with Crippen LogP contribution in [0.25, 0.3) is 0 Å². The molecule has 0 spiro atoms. The topological polar surface area (TPSA) is 20.3 Å². The van der Waals surface area contributed by atoms with Gasteiger partial charge in [0.05, 0.1) is 5.92 Å². The van der Waals surface area contributed by atoms with Crippen molar-refractivity contribution in [2.24, 2.45) is 5.92 Å². The predicted molar refractivity (Wildman–Crippen MR) is 147 cm³/mol. The Labute approximate surface area is 210 Å². The second-order valence-corrected chi connectivity index (χ2v) is 10.5. The lowest BCUT2D eigenvalue weighted by molar-refractivity contribution is -0.118. The Hall–Kier alpha value is -3.13. The third-order valence-corrected chi connectivity index (χ3v) is 7.99. The fourth-order valence-electron chi connectivity index (χ4n) is 6.07. The van der Waals surface area contributed by atoms with E-state index in [9.17, 15) is 4.79 Å². The highest BCUT2D eigenvalue weighted by atomic mass is 16.1. The Morgan fingerprint density at radius 3 is 2.57 bits per heavy atom. The maximum atomic E-state index is 13.0. The van der Waals surface area contributed by atoms with E-state index in [2.05, 4.69) is 79.1 Å². The molecule has 0 saturated carbocycles. The number of hydrogen-bond donors (Lipinski definition) is 0. The van der Waals surface area contributed by atoms with Gasteiger partial charge in [-0.3, -0.25) is 4.79 Å². The summed E-state index contributed by atoms with van der Waals surface area (Å²) >= 11 is 0. The molecule has 0 aromatic heterocycles. The molecule has 2 atom stereocenters. The van der Waals surface area contributed by atoms with Gasteiger partial charge in [0.2, 0.25) is 0 Å². The lowest BCUT2D eigenvalue weighted by Crippen LogP contribution is -2.29. The molecule has 5 rings (SSSR count). The third kappa shape index (κ3) is 5.27. The Balaban J connectivity index is 1.29. The van der Waals surface area contributed by atoms with Crippen LogP contribution in [0.1, 0.15) is 61.6 Å². The Bertz CT molecular complexity index is 1170. The quantitative estimate of drug-likeness (QED) is 0.457. The number of fused-ring (bicyclic) bond motifs is 1. The molecule has 1 heterocycles. The number of nitrogens with zero attached hydrogens (tertiary/aromatic N) is 1. The first kappa shape index (κ1) is 23.6. The minimum atomic E-state index is -0.149.